The largest absolute Gasteiger partial charge is 0.357 e. The number of nitrogens with zero attached hydrogens (tertiary/aromatic N) is 4. The van der Waals surface area contributed by atoms with Gasteiger partial charge in [-0.3, -0.25) is 4.79 Å². The molecule has 0 aliphatic rings. The van der Waals surface area contributed by atoms with E-state index in [2.05, 4.69) is 34.1 Å². The highest BCUT2D eigenvalue weighted by Crippen LogP contribution is 2.11. The van der Waals surface area contributed by atoms with E-state index in [9.17, 15) is 4.79 Å². The average molecular weight is 363 g/mol. The number of pyridine rings is 1. The van der Waals surface area contributed by atoms with Crippen molar-refractivity contribution in [3.8, 4) is 5.69 Å². The van der Waals surface area contributed by atoms with Crippen LogP contribution in [0.25, 0.3) is 5.69 Å². The van der Waals surface area contributed by atoms with E-state index in [0.29, 0.717) is 12.1 Å². The Balaban J connectivity index is 1.52. The Morgan fingerprint density at radius 2 is 1.85 bits per heavy atom. The topological polar surface area (TPSA) is 63.1 Å². The van der Waals surface area contributed by atoms with Crippen molar-refractivity contribution >= 4 is 11.7 Å². The average Bonchev–Trinajstić information content (AvgIpc) is 3.19. The molecule has 0 fully saturated rings. The van der Waals surface area contributed by atoms with Gasteiger partial charge in [0.1, 0.15) is 5.82 Å². The summed E-state index contributed by atoms with van der Waals surface area (Å²) < 4.78 is 1.84. The number of nitrogens with one attached hydrogen (secondary N) is 1. The van der Waals surface area contributed by atoms with Gasteiger partial charge in [-0.25, -0.2) is 9.67 Å². The second-order valence-corrected chi connectivity index (χ2v) is 6.21. The molecule has 0 saturated carbocycles. The van der Waals surface area contributed by atoms with Crippen molar-refractivity contribution in [1.82, 2.24) is 20.1 Å². The number of anilines is 1. The number of hydrogen-bond acceptors (Lipinski definition) is 4. The molecule has 1 N–H and O–H groups in total. The van der Waals surface area contributed by atoms with Gasteiger partial charge in [0.05, 0.1) is 17.4 Å². The summed E-state index contributed by atoms with van der Waals surface area (Å²) in [5.74, 6) is 0.786. The predicted molar refractivity (Wildman–Crippen MR) is 107 cm³/mol. The van der Waals surface area contributed by atoms with Crippen molar-refractivity contribution in [2.45, 2.75) is 20.3 Å². The zero-order valence-corrected chi connectivity index (χ0v) is 15.8. The van der Waals surface area contributed by atoms with Gasteiger partial charge in [-0.15, -0.1) is 0 Å². The van der Waals surface area contributed by atoms with Crippen LogP contribution in [0.4, 0.5) is 5.82 Å². The van der Waals surface area contributed by atoms with Crippen LogP contribution in [0.15, 0.2) is 61.1 Å². The number of rotatable bonds is 8. The Hall–Kier alpha value is -3.15. The van der Waals surface area contributed by atoms with E-state index in [1.165, 1.54) is 0 Å². The molecule has 0 radical (unpaired) electrons. The van der Waals surface area contributed by atoms with Gasteiger partial charge in [0.15, 0.2) is 0 Å². The minimum absolute atomic E-state index is 0.107. The Bertz CT molecular complexity index is 854. The summed E-state index contributed by atoms with van der Waals surface area (Å²) in [7, 11) is 0. The Labute approximate surface area is 159 Å². The summed E-state index contributed by atoms with van der Waals surface area (Å²) in [6.07, 6.45) is 6.18. The van der Waals surface area contributed by atoms with Crippen molar-refractivity contribution in [3.63, 3.8) is 0 Å². The van der Waals surface area contributed by atoms with Crippen LogP contribution in [0.2, 0.25) is 0 Å². The van der Waals surface area contributed by atoms with Crippen molar-refractivity contribution in [3.05, 3.63) is 72.2 Å². The van der Waals surface area contributed by atoms with Crippen LogP contribution in [0, 0.1) is 0 Å². The third-order valence-electron chi connectivity index (χ3n) is 4.45. The quantitative estimate of drug-likeness (QED) is 0.668. The highest BCUT2D eigenvalue weighted by Gasteiger charge is 2.08. The molecule has 0 spiro atoms. The molecule has 0 aliphatic carbocycles. The number of carbonyl (C=O) groups excluding carboxylic acids is 1. The van der Waals surface area contributed by atoms with Gasteiger partial charge in [0, 0.05) is 32.0 Å². The highest BCUT2D eigenvalue weighted by atomic mass is 16.1. The van der Waals surface area contributed by atoms with Crippen LogP contribution in [0.1, 0.15) is 29.8 Å². The second-order valence-electron chi connectivity index (χ2n) is 6.21. The van der Waals surface area contributed by atoms with E-state index in [-0.39, 0.29) is 5.91 Å². The minimum atomic E-state index is -0.107. The molecule has 0 aliphatic heterocycles. The summed E-state index contributed by atoms with van der Waals surface area (Å²) >= 11 is 0. The summed E-state index contributed by atoms with van der Waals surface area (Å²) in [5, 5.41) is 7.32. The molecular formula is C21H25N5O. The van der Waals surface area contributed by atoms with Crippen LogP contribution in [-0.4, -0.2) is 40.3 Å². The maximum absolute atomic E-state index is 12.3. The number of carbonyl (C=O) groups is 1. The van der Waals surface area contributed by atoms with Gasteiger partial charge in [0.25, 0.3) is 5.91 Å². The van der Waals surface area contributed by atoms with Crippen LogP contribution < -0.4 is 10.2 Å². The minimum Gasteiger partial charge on any atom is -0.357 e. The first-order chi connectivity index (χ1) is 13.2. The van der Waals surface area contributed by atoms with Crippen molar-refractivity contribution in [1.29, 1.82) is 0 Å². The standard InChI is InChI=1S/C21H25N5O/c1-3-25(4-2)20-11-10-18(15-23-20)21(27)22-13-12-17-14-24-26(16-17)19-8-6-5-7-9-19/h5-11,14-16H,3-4,12-13H2,1-2H3,(H,22,27). The van der Waals surface area contributed by atoms with Crippen molar-refractivity contribution < 1.29 is 4.79 Å². The summed E-state index contributed by atoms with van der Waals surface area (Å²) in [5.41, 5.74) is 2.67. The summed E-state index contributed by atoms with van der Waals surface area (Å²) in [6, 6.07) is 13.7. The zero-order chi connectivity index (χ0) is 19.1. The van der Waals surface area contributed by atoms with Crippen LogP contribution in [0.3, 0.4) is 0 Å². The fraction of sp³-hybridized carbons (Fsp3) is 0.286. The van der Waals surface area contributed by atoms with Crippen molar-refractivity contribution in [2.24, 2.45) is 0 Å². The maximum atomic E-state index is 12.3. The number of hydrogen-bond donors (Lipinski definition) is 1. The lowest BCUT2D eigenvalue weighted by atomic mass is 10.2. The molecule has 0 saturated heterocycles. The first-order valence-electron chi connectivity index (χ1n) is 9.29. The van der Waals surface area contributed by atoms with E-state index in [1.807, 2.05) is 59.5 Å². The molecule has 0 bridgehead atoms. The lowest BCUT2D eigenvalue weighted by Crippen LogP contribution is -2.26. The zero-order valence-electron chi connectivity index (χ0n) is 15.8. The van der Waals surface area contributed by atoms with E-state index >= 15 is 0 Å². The predicted octanol–water partition coefficient (Wildman–Crippen LogP) is 3.09. The first kappa shape index (κ1) is 18.6. The van der Waals surface area contributed by atoms with E-state index in [0.717, 1.165) is 36.6 Å². The smallest absolute Gasteiger partial charge is 0.252 e. The van der Waals surface area contributed by atoms with Gasteiger partial charge >= 0.3 is 0 Å². The molecule has 6 heteroatoms. The molecule has 1 amide bonds. The summed E-state index contributed by atoms with van der Waals surface area (Å²) in [6.45, 7) is 6.52. The first-order valence-corrected chi connectivity index (χ1v) is 9.29. The SMILES string of the molecule is CCN(CC)c1ccc(C(=O)NCCc2cnn(-c3ccccc3)c2)cn1. The molecular weight excluding hydrogens is 338 g/mol. The molecule has 3 aromatic rings. The number of benzene rings is 1. The van der Waals surface area contributed by atoms with Crippen LogP contribution in [0.5, 0.6) is 0 Å². The Morgan fingerprint density at radius 3 is 2.52 bits per heavy atom. The van der Waals surface area contributed by atoms with Gasteiger partial charge in [-0.1, -0.05) is 18.2 Å². The van der Waals surface area contributed by atoms with Crippen molar-refractivity contribution in [2.75, 3.05) is 24.5 Å². The fourth-order valence-corrected chi connectivity index (χ4v) is 2.89. The lowest BCUT2D eigenvalue weighted by molar-refractivity contribution is 0.0954. The summed E-state index contributed by atoms with van der Waals surface area (Å²) in [4.78, 5) is 18.8. The molecule has 27 heavy (non-hydrogen) atoms. The highest BCUT2D eigenvalue weighted by molar-refractivity contribution is 5.94. The van der Waals surface area contributed by atoms with E-state index in [4.69, 9.17) is 0 Å². The number of aromatic nitrogens is 3. The van der Waals surface area contributed by atoms with Gasteiger partial charge in [-0.2, -0.15) is 5.10 Å². The fourth-order valence-electron chi connectivity index (χ4n) is 2.89. The molecule has 0 atom stereocenters. The maximum Gasteiger partial charge on any atom is 0.252 e. The normalized spacial score (nSPS) is 10.6. The van der Waals surface area contributed by atoms with Crippen LogP contribution in [-0.2, 0) is 6.42 Å². The molecule has 2 heterocycles. The van der Waals surface area contributed by atoms with E-state index in [1.54, 1.807) is 6.20 Å². The number of amides is 1. The number of para-hydroxylation sites is 1. The Kier molecular flexibility index (Phi) is 6.20. The molecule has 0 unspecified atom stereocenters. The lowest BCUT2D eigenvalue weighted by Gasteiger charge is -2.19. The van der Waals surface area contributed by atoms with Crippen LogP contribution >= 0.6 is 0 Å². The second kappa shape index (κ2) is 8.98. The molecule has 140 valence electrons. The van der Waals surface area contributed by atoms with E-state index < -0.39 is 0 Å². The van der Waals surface area contributed by atoms with Gasteiger partial charge in [-0.05, 0) is 50.1 Å². The molecule has 6 nitrogen and oxygen atoms in total. The van der Waals surface area contributed by atoms with Gasteiger partial charge in [0.2, 0.25) is 0 Å². The monoisotopic (exact) mass is 363 g/mol. The molecule has 3 rings (SSSR count). The molecule has 1 aromatic carbocycles. The third kappa shape index (κ3) is 4.73. The Morgan fingerprint density at radius 1 is 1.07 bits per heavy atom. The third-order valence-corrected chi connectivity index (χ3v) is 4.45. The van der Waals surface area contributed by atoms with Gasteiger partial charge < -0.3 is 10.2 Å². The molecule has 2 aromatic heterocycles.